The Morgan fingerprint density at radius 3 is 2.17 bits per heavy atom. The van der Waals surface area contributed by atoms with Crippen molar-refractivity contribution in [2.45, 2.75) is 52.9 Å². The SMILES string of the molecule is CCCC(CC)(CCC)CNC(=O)C(=O)c1cc(O)c(O)c(Cl)c1. The maximum atomic E-state index is 12.2. The normalized spacial score (nSPS) is 11.3. The van der Waals surface area contributed by atoms with Crippen molar-refractivity contribution in [1.82, 2.24) is 5.32 Å². The first-order valence-electron chi connectivity index (χ1n) is 8.34. The zero-order valence-electron chi connectivity index (χ0n) is 14.5. The van der Waals surface area contributed by atoms with Gasteiger partial charge in [0.15, 0.2) is 11.5 Å². The molecule has 1 amide bonds. The molecule has 0 aromatic heterocycles. The van der Waals surface area contributed by atoms with Crippen molar-refractivity contribution in [3.8, 4) is 11.5 Å². The van der Waals surface area contributed by atoms with Gasteiger partial charge in [0.2, 0.25) is 5.78 Å². The quantitative estimate of drug-likeness (QED) is 0.354. The summed E-state index contributed by atoms with van der Waals surface area (Å²) in [6.07, 6.45) is 4.92. The highest BCUT2D eigenvalue weighted by Gasteiger charge is 2.28. The molecular weight excluding hydrogens is 330 g/mol. The number of Topliss-reactive ketones (excluding diaryl/α,β-unsaturated/α-hetero) is 1. The highest BCUT2D eigenvalue weighted by molar-refractivity contribution is 6.43. The smallest absolute Gasteiger partial charge is 0.292 e. The lowest BCUT2D eigenvalue weighted by atomic mass is 9.77. The van der Waals surface area contributed by atoms with Crippen molar-refractivity contribution in [3.63, 3.8) is 0 Å². The van der Waals surface area contributed by atoms with Gasteiger partial charge >= 0.3 is 0 Å². The van der Waals surface area contributed by atoms with Gasteiger partial charge in [0.25, 0.3) is 5.91 Å². The van der Waals surface area contributed by atoms with E-state index in [1.54, 1.807) is 0 Å². The number of phenols is 2. The van der Waals surface area contributed by atoms with E-state index in [2.05, 4.69) is 26.1 Å². The van der Waals surface area contributed by atoms with E-state index >= 15 is 0 Å². The molecule has 0 heterocycles. The van der Waals surface area contributed by atoms with E-state index in [0.717, 1.165) is 38.2 Å². The lowest BCUT2D eigenvalue weighted by molar-refractivity contribution is -0.117. The lowest BCUT2D eigenvalue weighted by Gasteiger charge is -2.32. The Bertz CT molecular complexity index is 572. The average molecular weight is 356 g/mol. The third-order valence-corrected chi connectivity index (χ3v) is 4.73. The van der Waals surface area contributed by atoms with E-state index in [4.69, 9.17) is 11.6 Å². The van der Waals surface area contributed by atoms with Crippen LogP contribution >= 0.6 is 11.6 Å². The van der Waals surface area contributed by atoms with Gasteiger partial charge in [0, 0.05) is 12.1 Å². The van der Waals surface area contributed by atoms with E-state index in [0.29, 0.717) is 6.54 Å². The van der Waals surface area contributed by atoms with Gasteiger partial charge in [-0.05, 0) is 36.8 Å². The zero-order chi connectivity index (χ0) is 18.3. The summed E-state index contributed by atoms with van der Waals surface area (Å²) in [5, 5.41) is 21.5. The number of phenolic OH excluding ortho intramolecular Hbond substituents is 2. The Morgan fingerprint density at radius 1 is 1.12 bits per heavy atom. The second kappa shape index (κ2) is 8.92. The number of amides is 1. The molecule has 3 N–H and O–H groups in total. The number of halogens is 1. The molecule has 0 radical (unpaired) electrons. The number of hydrogen-bond donors (Lipinski definition) is 3. The molecule has 6 heteroatoms. The molecule has 0 atom stereocenters. The summed E-state index contributed by atoms with van der Waals surface area (Å²) in [5.41, 5.74) is -0.0605. The van der Waals surface area contributed by atoms with Crippen molar-refractivity contribution in [2.75, 3.05) is 6.54 Å². The number of ketones is 1. The monoisotopic (exact) mass is 355 g/mol. The van der Waals surface area contributed by atoms with Gasteiger partial charge in [0.1, 0.15) is 0 Å². The Kier molecular flexibility index (Phi) is 7.55. The predicted molar refractivity (Wildman–Crippen MR) is 94.7 cm³/mol. The molecule has 0 aliphatic carbocycles. The summed E-state index contributed by atoms with van der Waals surface area (Å²) in [5.74, 6) is -2.56. The summed E-state index contributed by atoms with van der Waals surface area (Å²) in [6, 6.07) is 2.21. The van der Waals surface area contributed by atoms with Gasteiger partial charge in [0.05, 0.1) is 5.02 Å². The van der Waals surface area contributed by atoms with Crippen LogP contribution in [0.4, 0.5) is 0 Å². The Hall–Kier alpha value is -1.75. The van der Waals surface area contributed by atoms with Gasteiger partial charge in [-0.25, -0.2) is 0 Å². The average Bonchev–Trinajstić information content (AvgIpc) is 2.56. The molecule has 0 fully saturated rings. The number of nitrogens with one attached hydrogen (secondary N) is 1. The number of carbonyl (C=O) groups is 2. The van der Waals surface area contributed by atoms with Crippen LogP contribution < -0.4 is 5.32 Å². The Balaban J connectivity index is 2.85. The highest BCUT2D eigenvalue weighted by atomic mass is 35.5. The standard InChI is InChI=1S/C18H26ClNO4/c1-4-7-18(6-3,8-5-2)11-20-17(24)15(22)12-9-13(19)16(23)14(21)10-12/h9-10,21,23H,4-8,11H2,1-3H3,(H,20,24). The summed E-state index contributed by atoms with van der Waals surface area (Å²) >= 11 is 5.73. The fraction of sp³-hybridized carbons (Fsp3) is 0.556. The molecule has 0 spiro atoms. The molecule has 0 aliphatic heterocycles. The van der Waals surface area contributed by atoms with Crippen molar-refractivity contribution >= 4 is 23.3 Å². The molecule has 0 aliphatic rings. The fourth-order valence-corrected chi connectivity index (χ4v) is 3.25. The Labute approximate surface area is 148 Å². The van der Waals surface area contributed by atoms with Crippen LogP contribution in [0.2, 0.25) is 5.02 Å². The Morgan fingerprint density at radius 2 is 1.71 bits per heavy atom. The zero-order valence-corrected chi connectivity index (χ0v) is 15.2. The molecule has 1 rings (SSSR count). The van der Waals surface area contributed by atoms with Gasteiger partial charge in [-0.2, -0.15) is 0 Å². The number of carbonyl (C=O) groups excluding carboxylic acids is 2. The lowest BCUT2D eigenvalue weighted by Crippen LogP contribution is -2.40. The van der Waals surface area contributed by atoms with Gasteiger partial charge in [-0.3, -0.25) is 9.59 Å². The molecule has 134 valence electrons. The van der Waals surface area contributed by atoms with Crippen molar-refractivity contribution in [3.05, 3.63) is 22.7 Å². The summed E-state index contributed by atoms with van der Waals surface area (Å²) in [6.45, 7) is 6.74. The topological polar surface area (TPSA) is 86.6 Å². The largest absolute Gasteiger partial charge is 0.504 e. The molecule has 24 heavy (non-hydrogen) atoms. The third kappa shape index (κ3) is 4.87. The summed E-state index contributed by atoms with van der Waals surface area (Å²) in [7, 11) is 0. The maximum Gasteiger partial charge on any atom is 0.292 e. The van der Waals surface area contributed by atoms with Crippen LogP contribution in [0.25, 0.3) is 0 Å². The molecule has 1 aromatic carbocycles. The van der Waals surface area contributed by atoms with Gasteiger partial charge < -0.3 is 15.5 Å². The second-order valence-electron chi connectivity index (χ2n) is 6.19. The van der Waals surface area contributed by atoms with Crippen molar-refractivity contribution in [1.29, 1.82) is 0 Å². The van der Waals surface area contributed by atoms with Crippen molar-refractivity contribution < 1.29 is 19.8 Å². The van der Waals surface area contributed by atoms with Crippen LogP contribution in [0.5, 0.6) is 11.5 Å². The van der Waals surface area contributed by atoms with Crippen molar-refractivity contribution in [2.24, 2.45) is 5.41 Å². The first-order valence-corrected chi connectivity index (χ1v) is 8.72. The van der Waals surface area contributed by atoms with Gasteiger partial charge in [-0.1, -0.05) is 45.2 Å². The maximum absolute atomic E-state index is 12.2. The summed E-state index contributed by atoms with van der Waals surface area (Å²) in [4.78, 5) is 24.4. The van der Waals surface area contributed by atoms with E-state index in [9.17, 15) is 19.8 Å². The van der Waals surface area contributed by atoms with Crippen LogP contribution in [0.15, 0.2) is 12.1 Å². The van der Waals surface area contributed by atoms with Crippen LogP contribution in [0.1, 0.15) is 63.2 Å². The fourth-order valence-electron chi connectivity index (χ4n) is 3.04. The van der Waals surface area contributed by atoms with E-state index < -0.39 is 23.2 Å². The molecule has 0 unspecified atom stereocenters. The summed E-state index contributed by atoms with van der Waals surface area (Å²) < 4.78 is 0. The van der Waals surface area contributed by atoms with E-state index in [1.165, 1.54) is 6.07 Å². The van der Waals surface area contributed by atoms with E-state index in [1.807, 2.05) is 0 Å². The minimum absolute atomic E-state index is 0.00577. The highest BCUT2D eigenvalue weighted by Crippen LogP contribution is 2.34. The predicted octanol–water partition coefficient (Wildman–Crippen LogP) is 4.05. The molecule has 5 nitrogen and oxygen atoms in total. The first kappa shape index (κ1) is 20.3. The molecular formula is C18H26ClNO4. The minimum atomic E-state index is -0.787. The first-order chi connectivity index (χ1) is 11.3. The number of hydrogen-bond acceptors (Lipinski definition) is 4. The van der Waals surface area contributed by atoms with Gasteiger partial charge in [-0.15, -0.1) is 0 Å². The van der Waals surface area contributed by atoms with E-state index in [-0.39, 0.29) is 16.0 Å². The minimum Gasteiger partial charge on any atom is -0.504 e. The number of aromatic hydroxyl groups is 2. The molecule has 1 aromatic rings. The third-order valence-electron chi connectivity index (χ3n) is 4.45. The van der Waals surface area contributed by atoms with Crippen LogP contribution in [-0.4, -0.2) is 28.4 Å². The molecule has 0 bridgehead atoms. The molecule has 0 saturated carbocycles. The number of benzene rings is 1. The number of rotatable bonds is 9. The molecule has 0 saturated heterocycles. The van der Waals surface area contributed by atoms with Crippen LogP contribution in [0.3, 0.4) is 0 Å². The second-order valence-corrected chi connectivity index (χ2v) is 6.60. The van der Waals surface area contributed by atoms with Crippen LogP contribution in [0, 0.1) is 5.41 Å². The van der Waals surface area contributed by atoms with Crippen LogP contribution in [-0.2, 0) is 4.79 Å².